The Morgan fingerprint density at radius 1 is 1.16 bits per heavy atom. The Morgan fingerprint density at radius 2 is 1.87 bits per heavy atom. The average molecular weight is 678 g/mol. The molecule has 0 radical (unpaired) electrons. The van der Waals surface area contributed by atoms with E-state index < -0.39 is 37.3 Å². The number of halogens is 5. The number of likely N-dealkylation sites (tertiary alicyclic amines) is 1. The van der Waals surface area contributed by atoms with Crippen LogP contribution in [-0.2, 0) is 21.8 Å². The van der Waals surface area contributed by atoms with Crippen LogP contribution in [0, 0.1) is 5.82 Å². The molecular weight excluding hydrogens is 646 g/mol. The van der Waals surface area contributed by atoms with Gasteiger partial charge in [-0.15, -0.1) is 11.3 Å². The average Bonchev–Trinajstić information content (AvgIpc) is 3.52. The monoisotopic (exact) mass is 677 g/mol. The highest BCUT2D eigenvalue weighted by atomic mass is 127. The molecule has 4 nitrogen and oxygen atoms in total. The van der Waals surface area contributed by atoms with Gasteiger partial charge in [-0.05, 0) is 92.6 Å². The first kappa shape index (κ1) is 27.1. The van der Waals surface area contributed by atoms with Crippen molar-refractivity contribution >= 4 is 55.8 Å². The smallest absolute Gasteiger partial charge is 0.297 e. The number of hydrogen-bond acceptors (Lipinski definition) is 5. The Hall–Kier alpha value is -1.11. The lowest BCUT2D eigenvalue weighted by atomic mass is 9.84. The highest BCUT2D eigenvalue weighted by Crippen LogP contribution is 2.55. The van der Waals surface area contributed by atoms with Gasteiger partial charge in [0.25, 0.3) is 5.92 Å². The summed E-state index contributed by atoms with van der Waals surface area (Å²) in [6.45, 7) is 3.73. The third-order valence-corrected chi connectivity index (χ3v) is 14.7. The lowest BCUT2D eigenvalue weighted by Gasteiger charge is -2.45. The number of alkyl halides is 2. The summed E-state index contributed by atoms with van der Waals surface area (Å²) >= 11 is 5.34. The molecule has 1 aromatic heterocycles. The summed E-state index contributed by atoms with van der Waals surface area (Å²) in [5.41, 5.74) is 2.16. The Balaban J connectivity index is 1.23. The van der Waals surface area contributed by atoms with Gasteiger partial charge in [0, 0.05) is 41.8 Å². The zero-order valence-corrected chi connectivity index (χ0v) is 25.5. The minimum atomic E-state index is -3.00. The van der Waals surface area contributed by atoms with Crippen LogP contribution in [0.1, 0.15) is 48.6 Å². The van der Waals surface area contributed by atoms with Gasteiger partial charge < -0.3 is 4.74 Å². The highest BCUT2D eigenvalue weighted by Gasteiger charge is 2.52. The van der Waals surface area contributed by atoms with E-state index >= 15 is 4.39 Å². The molecule has 0 N–H and O–H groups in total. The van der Waals surface area contributed by atoms with Crippen LogP contribution in [0.3, 0.4) is 0 Å². The van der Waals surface area contributed by atoms with Crippen LogP contribution in [0.2, 0.25) is 4.34 Å². The Morgan fingerprint density at radius 3 is 2.53 bits per heavy atom. The van der Waals surface area contributed by atoms with Crippen molar-refractivity contribution in [1.82, 2.24) is 9.80 Å². The maximum atomic E-state index is 15.4. The number of rotatable bonds is 5. The first-order valence-corrected chi connectivity index (χ1v) is 17.6. The topological polar surface area (TPSA) is 19.0 Å². The van der Waals surface area contributed by atoms with Gasteiger partial charge in [0.05, 0.1) is 10.0 Å². The largest absolute Gasteiger partial charge is 0.363 e. The Bertz CT molecular complexity index is 1400. The predicted octanol–water partition coefficient (Wildman–Crippen LogP) is 6.95. The fourth-order valence-electron chi connectivity index (χ4n) is 6.09. The lowest BCUT2D eigenvalue weighted by Crippen LogP contribution is -2.49. The van der Waals surface area contributed by atoms with Crippen molar-refractivity contribution in [2.45, 2.75) is 49.7 Å². The van der Waals surface area contributed by atoms with Gasteiger partial charge in [-0.3, -0.25) is 12.9 Å². The van der Waals surface area contributed by atoms with Crippen LogP contribution >= 0.6 is 42.1 Å². The molecule has 1 saturated carbocycles. The van der Waals surface area contributed by atoms with Gasteiger partial charge in [0.1, 0.15) is 18.0 Å². The molecule has 206 valence electrons. The van der Waals surface area contributed by atoms with Crippen LogP contribution in [0.15, 0.2) is 36.0 Å². The summed E-state index contributed by atoms with van der Waals surface area (Å²) in [4.78, 5) is 5.15. The highest BCUT2D eigenvalue weighted by molar-refractivity contribution is 14.2. The quantitative estimate of drug-likeness (QED) is 0.252. The molecule has 4 heterocycles. The Labute approximate surface area is 237 Å². The number of fused-ring (bicyclic) bond motifs is 2. The first-order valence-electron chi connectivity index (χ1n) is 12.8. The van der Waals surface area contributed by atoms with E-state index in [1.165, 1.54) is 26.5 Å². The number of para-hydroxylation sites is 1. The summed E-state index contributed by atoms with van der Waals surface area (Å²) in [5.74, 6) is -3.19. The van der Waals surface area contributed by atoms with E-state index in [1.807, 2.05) is 6.07 Å². The number of piperidine rings is 1. The zero-order valence-electron chi connectivity index (χ0n) is 21.8. The van der Waals surface area contributed by atoms with Crippen molar-refractivity contribution in [1.29, 1.82) is 0 Å². The van der Waals surface area contributed by atoms with Crippen molar-refractivity contribution < 1.29 is 17.9 Å². The number of benzene rings is 1. The van der Waals surface area contributed by atoms with E-state index in [0.717, 1.165) is 38.0 Å². The molecule has 0 bridgehead atoms. The van der Waals surface area contributed by atoms with Crippen molar-refractivity contribution in [3.63, 3.8) is 0 Å². The molecule has 0 atom stereocenters. The minimum absolute atomic E-state index is 0.0315. The van der Waals surface area contributed by atoms with Crippen molar-refractivity contribution in [3.05, 3.63) is 62.2 Å². The van der Waals surface area contributed by atoms with E-state index in [9.17, 15) is 8.78 Å². The summed E-state index contributed by atoms with van der Waals surface area (Å²) in [6, 6.07) is 6.85. The molecule has 1 aliphatic carbocycles. The summed E-state index contributed by atoms with van der Waals surface area (Å²) in [5, 5.41) is 0. The molecular formula is C28H32ClF3IN3OS. The predicted molar refractivity (Wildman–Crippen MR) is 160 cm³/mol. The van der Waals surface area contributed by atoms with Gasteiger partial charge in [0.15, 0.2) is 0 Å². The zero-order chi connectivity index (χ0) is 27.0. The number of anilines is 1. The molecule has 2 fully saturated rings. The lowest BCUT2D eigenvalue weighted by molar-refractivity contribution is -0.181. The molecule has 1 spiro atoms. The molecule has 0 unspecified atom stereocenters. The summed E-state index contributed by atoms with van der Waals surface area (Å²) in [6.07, 6.45) is 5.45. The molecule has 2 aromatic rings. The van der Waals surface area contributed by atoms with Gasteiger partial charge in [0.2, 0.25) is 0 Å². The third-order valence-electron chi connectivity index (χ3n) is 8.64. The van der Waals surface area contributed by atoms with Crippen molar-refractivity contribution in [2.75, 3.05) is 43.4 Å². The van der Waals surface area contributed by atoms with Gasteiger partial charge in [-0.2, -0.15) is 8.78 Å². The van der Waals surface area contributed by atoms with Gasteiger partial charge >= 0.3 is 0 Å². The van der Waals surface area contributed by atoms with Crippen LogP contribution in [0.5, 0.6) is 0 Å². The van der Waals surface area contributed by atoms with Crippen LogP contribution in [-0.4, -0.2) is 58.2 Å². The second-order valence-electron chi connectivity index (χ2n) is 11.0. The number of hydrogen-bond donors (Lipinski definition) is 0. The molecule has 4 aliphatic rings. The van der Waals surface area contributed by atoms with E-state index in [2.05, 4.69) is 50.7 Å². The minimum Gasteiger partial charge on any atom is -0.363 e. The number of nitrogens with zero attached hydrogens (tertiary/aromatic N) is 3. The number of ether oxygens (including phenoxy) is 1. The molecule has 3 aliphatic heterocycles. The SMILES string of the molecule is C=I1=C(C)C(CN2CCC3(CC2)OCC(F)(F)c2cc(Cl)sc23)=CN1c1c(F)cccc1C1(N(C)C)CC1. The van der Waals surface area contributed by atoms with Crippen LogP contribution in [0.25, 0.3) is 0 Å². The summed E-state index contributed by atoms with van der Waals surface area (Å²) in [7, 11) is 4.14. The maximum absolute atomic E-state index is 15.4. The molecule has 0 amide bonds. The third kappa shape index (κ3) is 4.27. The molecule has 6 rings (SSSR count). The van der Waals surface area contributed by atoms with E-state index in [0.29, 0.717) is 27.7 Å². The van der Waals surface area contributed by atoms with E-state index in [4.69, 9.17) is 16.3 Å². The molecule has 1 aromatic carbocycles. The normalized spacial score (nSPS) is 24.3. The second-order valence-corrected chi connectivity index (χ2v) is 17.2. The fourth-order valence-corrected chi connectivity index (χ4v) is 11.2. The van der Waals surface area contributed by atoms with Crippen molar-refractivity contribution in [3.8, 4) is 0 Å². The maximum Gasteiger partial charge on any atom is 0.297 e. The molecule has 1 saturated heterocycles. The van der Waals surface area contributed by atoms with Crippen LogP contribution in [0.4, 0.5) is 18.9 Å². The molecule has 38 heavy (non-hydrogen) atoms. The Kier molecular flexibility index (Phi) is 6.75. The summed E-state index contributed by atoms with van der Waals surface area (Å²) < 4.78 is 58.6. The van der Waals surface area contributed by atoms with E-state index in [-0.39, 0.29) is 16.9 Å². The van der Waals surface area contributed by atoms with Gasteiger partial charge in [-0.1, -0.05) is 28.2 Å². The molecule has 10 heteroatoms. The van der Waals surface area contributed by atoms with Crippen molar-refractivity contribution in [2.24, 2.45) is 0 Å². The second kappa shape index (κ2) is 9.48. The van der Waals surface area contributed by atoms with Crippen LogP contribution < -0.4 is 3.11 Å². The van der Waals surface area contributed by atoms with E-state index in [1.54, 1.807) is 6.07 Å². The fraction of sp³-hybridized carbons (Fsp3) is 0.500. The standard InChI is InChI=1S/C28H32ClF3IN3OS/c1-18-19(16-36(33(18)2)24-20(6-5-7-22(24)30)26(8-9-26)34(3)4)15-35-12-10-27(11-13-35)25-21(14-23(29)38-25)28(31,32)17-37-27/h5-7,14,16H,2,8-13,15,17H2,1,3-4H3. The number of thiophene rings is 1. The van der Waals surface area contributed by atoms with Gasteiger partial charge in [-0.25, -0.2) is 4.39 Å². The first-order chi connectivity index (χ1) is 18.0.